The molecule has 5 heteroatoms. The van der Waals surface area contributed by atoms with E-state index in [9.17, 15) is 0 Å². The topological polar surface area (TPSA) is 43.6 Å². The Morgan fingerprint density at radius 1 is 0.625 bits per heavy atom. The molecule has 0 bridgehead atoms. The van der Waals surface area contributed by atoms with Gasteiger partial charge in [0.1, 0.15) is 12.7 Å². The predicted octanol–water partition coefficient (Wildman–Crippen LogP) is 7.07. The lowest BCUT2D eigenvalue weighted by Gasteiger charge is -2.10. The molecule has 0 saturated heterocycles. The number of para-hydroxylation sites is 1. The van der Waals surface area contributed by atoms with Crippen molar-refractivity contribution in [2.75, 3.05) is 0 Å². The van der Waals surface area contributed by atoms with Crippen LogP contribution in [0.25, 0.3) is 50.0 Å². The van der Waals surface area contributed by atoms with Gasteiger partial charge in [-0.15, -0.1) is 0 Å². The molecule has 6 aromatic rings. The molecule has 0 saturated carbocycles. The minimum atomic E-state index is 0.667. The summed E-state index contributed by atoms with van der Waals surface area (Å²) in [5.74, 6) is 0.667. The minimum absolute atomic E-state index is 0.667. The van der Waals surface area contributed by atoms with Crippen molar-refractivity contribution in [3.8, 4) is 28.2 Å². The van der Waals surface area contributed by atoms with Crippen molar-refractivity contribution in [1.29, 1.82) is 0 Å². The van der Waals surface area contributed by atoms with Crippen LogP contribution in [0.1, 0.15) is 0 Å². The molecule has 6 rings (SSSR count). The number of halogens is 1. The van der Waals surface area contributed by atoms with Crippen LogP contribution in [0.5, 0.6) is 0 Å². The van der Waals surface area contributed by atoms with Crippen molar-refractivity contribution >= 4 is 37.7 Å². The van der Waals surface area contributed by atoms with Crippen molar-refractivity contribution in [2.45, 2.75) is 0 Å². The predicted molar refractivity (Wildman–Crippen MR) is 133 cm³/mol. The zero-order valence-electron chi connectivity index (χ0n) is 17.0. The summed E-state index contributed by atoms with van der Waals surface area (Å²) >= 11 is 3.70. The molecular formula is C27H17BrN4. The van der Waals surface area contributed by atoms with E-state index in [1.165, 1.54) is 34.6 Å². The van der Waals surface area contributed by atoms with E-state index >= 15 is 0 Å². The molecule has 2 aromatic heterocycles. The fourth-order valence-corrected chi connectivity index (χ4v) is 4.78. The van der Waals surface area contributed by atoms with Gasteiger partial charge in [0.05, 0.1) is 11.0 Å². The quantitative estimate of drug-likeness (QED) is 0.274. The third kappa shape index (κ3) is 3.10. The summed E-state index contributed by atoms with van der Waals surface area (Å²) < 4.78 is 3.40. The van der Waals surface area contributed by atoms with Gasteiger partial charge in [-0.1, -0.05) is 76.6 Å². The van der Waals surface area contributed by atoms with Gasteiger partial charge in [0.15, 0.2) is 5.82 Å². The summed E-state index contributed by atoms with van der Waals surface area (Å²) in [6.07, 6.45) is 3.06. The molecular weight excluding hydrogens is 460 g/mol. The second-order valence-corrected chi connectivity index (χ2v) is 8.43. The van der Waals surface area contributed by atoms with E-state index in [1.807, 2.05) is 12.1 Å². The first-order chi connectivity index (χ1) is 15.8. The molecule has 2 heterocycles. The normalized spacial score (nSPS) is 11.3. The van der Waals surface area contributed by atoms with Crippen LogP contribution < -0.4 is 0 Å². The van der Waals surface area contributed by atoms with Crippen LogP contribution in [0.2, 0.25) is 0 Å². The third-order valence-electron chi connectivity index (χ3n) is 5.72. The van der Waals surface area contributed by atoms with Gasteiger partial charge in [-0.2, -0.15) is 0 Å². The molecule has 0 amide bonds. The van der Waals surface area contributed by atoms with Crippen molar-refractivity contribution in [2.24, 2.45) is 0 Å². The largest absolute Gasteiger partial charge is 0.309 e. The fourth-order valence-electron chi connectivity index (χ4n) is 4.26. The minimum Gasteiger partial charge on any atom is -0.309 e. The van der Waals surface area contributed by atoms with E-state index in [0.29, 0.717) is 5.82 Å². The number of hydrogen-bond acceptors (Lipinski definition) is 3. The maximum absolute atomic E-state index is 4.34. The van der Waals surface area contributed by atoms with Crippen LogP contribution in [-0.4, -0.2) is 19.5 Å². The first-order valence-corrected chi connectivity index (χ1v) is 11.1. The maximum Gasteiger partial charge on any atom is 0.162 e. The Labute approximate surface area is 193 Å². The van der Waals surface area contributed by atoms with Crippen LogP contribution in [0.15, 0.2) is 108 Å². The molecule has 0 fully saturated rings. The summed E-state index contributed by atoms with van der Waals surface area (Å²) in [5, 5.41) is 2.40. The number of aromatic nitrogens is 4. The van der Waals surface area contributed by atoms with E-state index in [-0.39, 0.29) is 0 Å². The molecule has 0 N–H and O–H groups in total. The summed E-state index contributed by atoms with van der Waals surface area (Å²) in [4.78, 5) is 12.6. The molecule has 0 aliphatic rings. The number of hydrogen-bond donors (Lipinski definition) is 0. The lowest BCUT2D eigenvalue weighted by atomic mass is 10.0. The highest BCUT2D eigenvalue weighted by Crippen LogP contribution is 2.37. The zero-order chi connectivity index (χ0) is 21.5. The Morgan fingerprint density at radius 2 is 1.25 bits per heavy atom. The van der Waals surface area contributed by atoms with Gasteiger partial charge in [-0.05, 0) is 41.5 Å². The number of rotatable bonds is 3. The summed E-state index contributed by atoms with van der Waals surface area (Å²) in [7, 11) is 0. The molecule has 32 heavy (non-hydrogen) atoms. The van der Waals surface area contributed by atoms with Crippen molar-refractivity contribution in [3.63, 3.8) is 0 Å². The van der Waals surface area contributed by atoms with E-state index in [0.717, 1.165) is 26.8 Å². The molecule has 0 unspecified atom stereocenters. The number of fused-ring (bicyclic) bond motifs is 3. The number of benzene rings is 4. The molecule has 4 nitrogen and oxygen atoms in total. The van der Waals surface area contributed by atoms with Crippen LogP contribution in [-0.2, 0) is 0 Å². The van der Waals surface area contributed by atoms with Gasteiger partial charge in [-0.25, -0.2) is 15.0 Å². The van der Waals surface area contributed by atoms with Crippen LogP contribution in [0.4, 0.5) is 0 Å². The first kappa shape index (κ1) is 18.9. The molecule has 0 atom stereocenters. The molecule has 0 spiro atoms. The Hall–Kier alpha value is -3.83. The lowest BCUT2D eigenvalue weighted by Crippen LogP contribution is -1.94. The maximum atomic E-state index is 4.34. The molecule has 0 aliphatic heterocycles. The van der Waals surface area contributed by atoms with Gasteiger partial charge >= 0.3 is 0 Å². The highest BCUT2D eigenvalue weighted by Gasteiger charge is 2.15. The Morgan fingerprint density at radius 3 is 1.97 bits per heavy atom. The van der Waals surface area contributed by atoms with Crippen LogP contribution >= 0.6 is 15.9 Å². The van der Waals surface area contributed by atoms with E-state index in [1.54, 1.807) is 0 Å². The second kappa shape index (κ2) is 7.70. The van der Waals surface area contributed by atoms with E-state index in [2.05, 4.69) is 114 Å². The van der Waals surface area contributed by atoms with Gasteiger partial charge < -0.3 is 4.57 Å². The van der Waals surface area contributed by atoms with Gasteiger partial charge in [0, 0.05) is 26.5 Å². The monoisotopic (exact) mass is 476 g/mol. The fraction of sp³-hybridized carbons (Fsp3) is 0. The Kier molecular flexibility index (Phi) is 4.55. The highest BCUT2D eigenvalue weighted by molar-refractivity contribution is 9.10. The molecule has 4 aromatic carbocycles. The van der Waals surface area contributed by atoms with Crippen LogP contribution in [0.3, 0.4) is 0 Å². The molecule has 0 aliphatic carbocycles. The lowest BCUT2D eigenvalue weighted by molar-refractivity contribution is 1.06. The number of nitrogens with zero attached hydrogens (tertiary/aromatic N) is 4. The van der Waals surface area contributed by atoms with Gasteiger partial charge in [0.25, 0.3) is 0 Å². The van der Waals surface area contributed by atoms with Crippen molar-refractivity contribution in [3.05, 3.63) is 108 Å². The first-order valence-electron chi connectivity index (χ1n) is 10.3. The average Bonchev–Trinajstić information content (AvgIpc) is 3.18. The molecule has 152 valence electrons. The van der Waals surface area contributed by atoms with Crippen molar-refractivity contribution in [1.82, 2.24) is 19.5 Å². The Balaban J connectivity index is 1.68. The van der Waals surface area contributed by atoms with Crippen LogP contribution in [0, 0.1) is 0 Å². The standard InChI is InChI=1S/C27H17BrN4/c28-24-9-5-4-8-21(24)18-10-12-22-23-13-11-19(27-30-16-29-17-31-27)15-26(23)32(25(22)14-18)20-6-2-1-3-7-20/h1-17H. The smallest absolute Gasteiger partial charge is 0.162 e. The Bertz CT molecular complexity index is 1570. The SMILES string of the molecule is Brc1ccccc1-c1ccc2c3ccc(-c4ncncn4)cc3n(-c3ccccc3)c2c1. The second-order valence-electron chi connectivity index (χ2n) is 7.58. The zero-order valence-corrected chi connectivity index (χ0v) is 18.6. The average molecular weight is 477 g/mol. The third-order valence-corrected chi connectivity index (χ3v) is 6.41. The summed E-state index contributed by atoms with van der Waals surface area (Å²) in [6.45, 7) is 0. The highest BCUT2D eigenvalue weighted by atomic mass is 79.9. The van der Waals surface area contributed by atoms with E-state index < -0.39 is 0 Å². The molecule has 0 radical (unpaired) electrons. The van der Waals surface area contributed by atoms with Gasteiger partial charge in [0.2, 0.25) is 0 Å². The van der Waals surface area contributed by atoms with Gasteiger partial charge in [-0.3, -0.25) is 0 Å². The van der Waals surface area contributed by atoms with E-state index in [4.69, 9.17) is 0 Å². The van der Waals surface area contributed by atoms with Crippen molar-refractivity contribution < 1.29 is 0 Å². The summed E-state index contributed by atoms with van der Waals surface area (Å²) in [5.41, 5.74) is 6.70. The summed E-state index contributed by atoms with van der Waals surface area (Å²) in [6, 6.07) is 31.9.